The summed E-state index contributed by atoms with van der Waals surface area (Å²) >= 11 is 0. The van der Waals surface area contributed by atoms with Crippen LogP contribution in [0.25, 0.3) is 0 Å². The molecule has 2 aromatic rings. The molecular formula is C20H22F3NO. The number of benzene rings is 2. The molecule has 0 radical (unpaired) electrons. The lowest BCUT2D eigenvalue weighted by molar-refractivity contribution is -0.138. The average Bonchev–Trinajstić information content (AvgIpc) is 2.97. The molecule has 0 unspecified atom stereocenters. The van der Waals surface area contributed by atoms with Gasteiger partial charge in [-0.15, -0.1) is 0 Å². The molecule has 0 amide bonds. The van der Waals surface area contributed by atoms with E-state index in [4.69, 9.17) is 4.74 Å². The Kier molecular flexibility index (Phi) is 4.78. The van der Waals surface area contributed by atoms with E-state index in [1.54, 1.807) is 0 Å². The third-order valence-corrected chi connectivity index (χ3v) is 4.68. The minimum atomic E-state index is -4.35. The smallest absolute Gasteiger partial charge is 0.416 e. The summed E-state index contributed by atoms with van der Waals surface area (Å²) in [7, 11) is 0. The zero-order valence-corrected chi connectivity index (χ0v) is 14.7. The van der Waals surface area contributed by atoms with Gasteiger partial charge in [0.15, 0.2) is 0 Å². The second-order valence-corrected chi connectivity index (χ2v) is 6.79. The Morgan fingerprint density at radius 3 is 2.32 bits per heavy atom. The number of hydrogen-bond acceptors (Lipinski definition) is 2. The normalized spacial score (nSPS) is 14.8. The van der Waals surface area contributed by atoms with Gasteiger partial charge in [-0.1, -0.05) is 30.3 Å². The van der Waals surface area contributed by atoms with Gasteiger partial charge in [-0.2, -0.15) is 13.2 Å². The van der Waals surface area contributed by atoms with Crippen molar-refractivity contribution in [2.75, 3.05) is 0 Å². The van der Waals surface area contributed by atoms with Crippen molar-refractivity contribution in [1.29, 1.82) is 0 Å². The van der Waals surface area contributed by atoms with Crippen molar-refractivity contribution >= 4 is 0 Å². The maximum Gasteiger partial charge on any atom is 0.416 e. The van der Waals surface area contributed by atoms with E-state index in [1.165, 1.54) is 13.0 Å². The van der Waals surface area contributed by atoms with Gasteiger partial charge in [0.25, 0.3) is 0 Å². The summed E-state index contributed by atoms with van der Waals surface area (Å²) in [5.74, 6) is 0.563. The van der Waals surface area contributed by atoms with Gasteiger partial charge < -0.3 is 4.74 Å². The van der Waals surface area contributed by atoms with E-state index in [2.05, 4.69) is 0 Å². The summed E-state index contributed by atoms with van der Waals surface area (Å²) in [5.41, 5.74) is 1.75. The lowest BCUT2D eigenvalue weighted by Gasteiger charge is -2.19. The number of aryl methyl sites for hydroxylation is 1. The Hall–Kier alpha value is -2.01. The molecule has 0 spiro atoms. The standard InChI is InChI=1S/C20H22F3NO/c1-13(2)24-10-16-17(11-24)19(20(21,22)23)14(3)9-18(16)25-12-15-7-5-4-6-8-15/h4-9,13H,10-12H2,1-3H3. The van der Waals surface area contributed by atoms with Crippen LogP contribution in [0.1, 0.15) is 41.7 Å². The fraction of sp³-hybridized carbons (Fsp3) is 0.400. The molecule has 1 aliphatic heterocycles. The van der Waals surface area contributed by atoms with Crippen LogP contribution < -0.4 is 4.74 Å². The van der Waals surface area contributed by atoms with E-state index < -0.39 is 11.7 Å². The van der Waals surface area contributed by atoms with Gasteiger partial charge in [0.1, 0.15) is 12.4 Å². The molecule has 134 valence electrons. The fourth-order valence-electron chi connectivity index (χ4n) is 3.33. The maximum atomic E-state index is 13.6. The molecule has 0 fully saturated rings. The van der Waals surface area contributed by atoms with Crippen LogP contribution in [0.4, 0.5) is 13.2 Å². The van der Waals surface area contributed by atoms with Crippen LogP contribution in [0.15, 0.2) is 36.4 Å². The fourth-order valence-corrected chi connectivity index (χ4v) is 3.33. The van der Waals surface area contributed by atoms with Crippen molar-refractivity contribution in [3.8, 4) is 5.75 Å². The number of alkyl halides is 3. The Morgan fingerprint density at radius 1 is 1.08 bits per heavy atom. The Morgan fingerprint density at radius 2 is 1.72 bits per heavy atom. The first-order valence-corrected chi connectivity index (χ1v) is 8.40. The van der Waals surface area contributed by atoms with Gasteiger partial charge in [0.05, 0.1) is 5.56 Å². The summed E-state index contributed by atoms with van der Waals surface area (Å²) < 4.78 is 46.6. The third-order valence-electron chi connectivity index (χ3n) is 4.68. The number of halogens is 3. The lowest BCUT2D eigenvalue weighted by atomic mass is 9.97. The van der Waals surface area contributed by atoms with Crippen molar-refractivity contribution in [2.45, 2.75) is 52.7 Å². The molecule has 3 rings (SSSR count). The van der Waals surface area contributed by atoms with Crippen LogP contribution >= 0.6 is 0 Å². The molecule has 1 aliphatic rings. The Labute approximate surface area is 146 Å². The molecule has 2 nitrogen and oxygen atoms in total. The molecule has 0 saturated heterocycles. The largest absolute Gasteiger partial charge is 0.489 e. The van der Waals surface area contributed by atoms with E-state index in [9.17, 15) is 13.2 Å². The van der Waals surface area contributed by atoms with Gasteiger partial charge in [-0.3, -0.25) is 4.90 Å². The Balaban J connectivity index is 1.98. The number of fused-ring (bicyclic) bond motifs is 1. The monoisotopic (exact) mass is 349 g/mol. The highest BCUT2D eigenvalue weighted by atomic mass is 19.4. The number of nitrogens with zero attached hydrogens (tertiary/aromatic N) is 1. The maximum absolute atomic E-state index is 13.6. The molecule has 1 heterocycles. The average molecular weight is 349 g/mol. The summed E-state index contributed by atoms with van der Waals surface area (Å²) in [6, 6.07) is 11.4. The highest BCUT2D eigenvalue weighted by Crippen LogP contribution is 2.43. The van der Waals surface area contributed by atoms with Gasteiger partial charge in [-0.25, -0.2) is 0 Å². The quantitative estimate of drug-likeness (QED) is 0.741. The zero-order chi connectivity index (χ0) is 18.2. The van der Waals surface area contributed by atoms with E-state index in [1.807, 2.05) is 49.1 Å². The summed E-state index contributed by atoms with van der Waals surface area (Å²) in [5, 5.41) is 0. The first-order valence-electron chi connectivity index (χ1n) is 8.40. The summed E-state index contributed by atoms with van der Waals surface area (Å²) in [6.45, 7) is 6.65. The minimum Gasteiger partial charge on any atom is -0.489 e. The number of ether oxygens (including phenoxy) is 1. The van der Waals surface area contributed by atoms with Crippen molar-refractivity contribution in [1.82, 2.24) is 4.90 Å². The lowest BCUT2D eigenvalue weighted by Crippen LogP contribution is -2.25. The Bertz CT molecular complexity index is 754. The predicted octanol–water partition coefficient (Wildman–Crippen LogP) is 5.32. The SMILES string of the molecule is Cc1cc(OCc2ccccc2)c2c(c1C(F)(F)F)CN(C(C)C)C2. The molecule has 2 aromatic carbocycles. The summed E-state index contributed by atoms with van der Waals surface area (Å²) in [4.78, 5) is 2.04. The predicted molar refractivity (Wildman–Crippen MR) is 91.3 cm³/mol. The van der Waals surface area contributed by atoms with E-state index in [0.717, 1.165) is 5.56 Å². The van der Waals surface area contributed by atoms with Gasteiger partial charge in [0, 0.05) is 24.7 Å². The third kappa shape index (κ3) is 3.66. The minimum absolute atomic E-state index is 0.177. The second kappa shape index (κ2) is 6.71. The van der Waals surface area contributed by atoms with Crippen LogP contribution in [-0.4, -0.2) is 10.9 Å². The van der Waals surface area contributed by atoms with E-state index >= 15 is 0 Å². The van der Waals surface area contributed by atoms with Crippen LogP contribution in [0.2, 0.25) is 0 Å². The van der Waals surface area contributed by atoms with Gasteiger partial charge in [-0.05, 0) is 43.5 Å². The molecule has 0 atom stereocenters. The zero-order valence-electron chi connectivity index (χ0n) is 14.7. The molecule has 0 bridgehead atoms. The van der Waals surface area contributed by atoms with Crippen LogP contribution in [-0.2, 0) is 25.9 Å². The van der Waals surface area contributed by atoms with Crippen LogP contribution in [0.5, 0.6) is 5.75 Å². The number of rotatable bonds is 4. The highest BCUT2D eigenvalue weighted by Gasteiger charge is 2.40. The molecule has 25 heavy (non-hydrogen) atoms. The van der Waals surface area contributed by atoms with Crippen LogP contribution in [0.3, 0.4) is 0 Å². The number of hydrogen-bond donors (Lipinski definition) is 0. The van der Waals surface area contributed by atoms with E-state index in [0.29, 0.717) is 36.6 Å². The molecular weight excluding hydrogens is 327 g/mol. The molecule has 0 N–H and O–H groups in total. The highest BCUT2D eigenvalue weighted by molar-refractivity contribution is 5.52. The van der Waals surface area contributed by atoms with Crippen molar-refractivity contribution in [3.05, 3.63) is 64.2 Å². The molecule has 5 heteroatoms. The van der Waals surface area contributed by atoms with Crippen molar-refractivity contribution < 1.29 is 17.9 Å². The first kappa shape index (κ1) is 17.8. The molecule has 0 aliphatic carbocycles. The van der Waals surface area contributed by atoms with Crippen molar-refractivity contribution in [3.63, 3.8) is 0 Å². The van der Waals surface area contributed by atoms with Crippen LogP contribution in [0, 0.1) is 6.92 Å². The molecule has 0 aromatic heterocycles. The topological polar surface area (TPSA) is 12.5 Å². The molecule has 0 saturated carbocycles. The van der Waals surface area contributed by atoms with Gasteiger partial charge >= 0.3 is 6.18 Å². The van der Waals surface area contributed by atoms with Gasteiger partial charge in [0.2, 0.25) is 0 Å². The summed E-state index contributed by atoms with van der Waals surface area (Å²) in [6.07, 6.45) is -4.35. The van der Waals surface area contributed by atoms with E-state index in [-0.39, 0.29) is 11.6 Å². The first-order chi connectivity index (χ1) is 11.8. The second-order valence-electron chi connectivity index (χ2n) is 6.79. The van der Waals surface area contributed by atoms with Crippen molar-refractivity contribution in [2.24, 2.45) is 0 Å².